The highest BCUT2D eigenvalue weighted by Gasteiger charge is 2.22. The molecule has 0 aliphatic carbocycles. The third kappa shape index (κ3) is 3.65. The van der Waals surface area contributed by atoms with Gasteiger partial charge in [0.1, 0.15) is 11.6 Å². The van der Waals surface area contributed by atoms with E-state index in [1.807, 2.05) is 12.1 Å². The molecule has 0 amide bonds. The molecule has 1 saturated heterocycles. The number of fused-ring (bicyclic) bond motifs is 1. The van der Waals surface area contributed by atoms with Gasteiger partial charge in [-0.05, 0) is 49.5 Å². The Labute approximate surface area is 186 Å². The minimum Gasteiger partial charge on any atom is -0.354 e. The number of halogens is 1. The number of anilines is 1. The summed E-state index contributed by atoms with van der Waals surface area (Å²) in [5, 5.41) is 0.653. The predicted molar refractivity (Wildman–Crippen MR) is 124 cm³/mol. The summed E-state index contributed by atoms with van der Waals surface area (Å²) in [6.45, 7) is 3.80. The summed E-state index contributed by atoms with van der Waals surface area (Å²) in [6.07, 6.45) is 3.31. The number of piperazine rings is 1. The van der Waals surface area contributed by atoms with Gasteiger partial charge in [0.2, 0.25) is 0 Å². The number of hydrogen-bond donors (Lipinski definition) is 0. The minimum absolute atomic E-state index is 0.149. The Balaban J connectivity index is 1.58. The highest BCUT2D eigenvalue weighted by molar-refractivity contribution is 7.90. The molecule has 3 heterocycles. The zero-order valence-corrected chi connectivity index (χ0v) is 18.5. The standard InChI is InChI=1S/C24H23FN4O2S/c1-27-11-13-28(14-12-27)24-10-7-18(16-26-24)22-17-29(23-15-19(25)8-9-21(22)23)32(30,31)20-5-3-2-4-6-20/h2-10,15-17H,11-14H2,1H3. The minimum atomic E-state index is -3.88. The van der Waals surface area contributed by atoms with Gasteiger partial charge >= 0.3 is 0 Å². The molecule has 1 aliphatic rings. The molecule has 32 heavy (non-hydrogen) atoms. The molecule has 4 aromatic rings. The van der Waals surface area contributed by atoms with Crippen LogP contribution in [-0.2, 0) is 10.0 Å². The van der Waals surface area contributed by atoms with Crippen LogP contribution in [0.25, 0.3) is 22.0 Å². The molecule has 1 aliphatic heterocycles. The first kappa shape index (κ1) is 20.7. The normalized spacial score (nSPS) is 15.4. The van der Waals surface area contributed by atoms with E-state index in [0.29, 0.717) is 16.5 Å². The lowest BCUT2D eigenvalue weighted by atomic mass is 10.1. The van der Waals surface area contributed by atoms with Crippen molar-refractivity contribution >= 4 is 26.7 Å². The molecule has 0 unspecified atom stereocenters. The second-order valence-electron chi connectivity index (χ2n) is 8.01. The summed E-state index contributed by atoms with van der Waals surface area (Å²) >= 11 is 0. The molecule has 0 atom stereocenters. The van der Waals surface area contributed by atoms with Crippen LogP contribution in [0.15, 0.2) is 78.0 Å². The number of hydrogen-bond acceptors (Lipinski definition) is 5. The number of pyridine rings is 1. The fourth-order valence-corrected chi connectivity index (χ4v) is 5.46. The zero-order valence-electron chi connectivity index (χ0n) is 17.6. The van der Waals surface area contributed by atoms with Gasteiger partial charge in [0.05, 0.1) is 10.4 Å². The Bertz CT molecular complexity index is 1360. The SMILES string of the molecule is CN1CCN(c2ccc(-c3cn(S(=O)(=O)c4ccccc4)c4cc(F)ccc34)cn2)CC1. The van der Waals surface area contributed by atoms with E-state index in [0.717, 1.165) is 41.5 Å². The van der Waals surface area contributed by atoms with Crippen LogP contribution < -0.4 is 4.90 Å². The van der Waals surface area contributed by atoms with E-state index in [9.17, 15) is 12.8 Å². The van der Waals surface area contributed by atoms with Crippen molar-refractivity contribution in [1.29, 1.82) is 0 Å². The van der Waals surface area contributed by atoms with Gasteiger partial charge in [0.25, 0.3) is 10.0 Å². The van der Waals surface area contributed by atoms with Crippen molar-refractivity contribution in [2.24, 2.45) is 0 Å². The Morgan fingerprint density at radius 2 is 1.69 bits per heavy atom. The monoisotopic (exact) mass is 450 g/mol. The summed E-state index contributed by atoms with van der Waals surface area (Å²) in [5.41, 5.74) is 1.77. The van der Waals surface area contributed by atoms with Crippen molar-refractivity contribution in [2.45, 2.75) is 4.90 Å². The van der Waals surface area contributed by atoms with E-state index in [1.165, 1.54) is 24.3 Å². The first-order chi connectivity index (χ1) is 15.4. The highest BCUT2D eigenvalue weighted by atomic mass is 32.2. The Morgan fingerprint density at radius 1 is 0.938 bits per heavy atom. The molecule has 2 aromatic heterocycles. The molecule has 1 fully saturated rings. The van der Waals surface area contributed by atoms with Crippen molar-refractivity contribution in [1.82, 2.24) is 13.9 Å². The van der Waals surface area contributed by atoms with E-state index in [1.54, 1.807) is 36.7 Å². The van der Waals surface area contributed by atoms with E-state index in [4.69, 9.17) is 0 Å². The Hall–Kier alpha value is -3.23. The summed E-state index contributed by atoms with van der Waals surface area (Å²) in [6, 6.07) is 16.3. The highest BCUT2D eigenvalue weighted by Crippen LogP contribution is 2.34. The predicted octanol–water partition coefficient (Wildman–Crippen LogP) is 3.83. The van der Waals surface area contributed by atoms with Gasteiger partial charge < -0.3 is 9.80 Å². The molecule has 0 radical (unpaired) electrons. The number of aromatic nitrogens is 2. The second-order valence-corrected chi connectivity index (χ2v) is 9.83. The summed E-state index contributed by atoms with van der Waals surface area (Å²) < 4.78 is 41.8. The Kier molecular flexibility index (Phi) is 5.19. The fraction of sp³-hybridized carbons (Fsp3) is 0.208. The van der Waals surface area contributed by atoms with Crippen LogP contribution >= 0.6 is 0 Å². The van der Waals surface area contributed by atoms with Gasteiger partial charge in [-0.15, -0.1) is 0 Å². The lowest BCUT2D eigenvalue weighted by molar-refractivity contribution is 0.312. The molecule has 6 nitrogen and oxygen atoms in total. The lowest BCUT2D eigenvalue weighted by Gasteiger charge is -2.33. The van der Waals surface area contributed by atoms with Gasteiger partial charge in [-0.25, -0.2) is 21.8 Å². The maximum Gasteiger partial charge on any atom is 0.268 e. The van der Waals surface area contributed by atoms with Crippen molar-refractivity contribution in [2.75, 3.05) is 38.1 Å². The van der Waals surface area contributed by atoms with Crippen LogP contribution in [0.4, 0.5) is 10.2 Å². The number of benzene rings is 2. The van der Waals surface area contributed by atoms with E-state index in [2.05, 4.69) is 21.8 Å². The molecule has 0 saturated carbocycles. The molecular weight excluding hydrogens is 427 g/mol. The molecular formula is C24H23FN4O2S. The van der Waals surface area contributed by atoms with Gasteiger partial charge in [0, 0.05) is 55.1 Å². The average Bonchev–Trinajstić information content (AvgIpc) is 3.20. The molecule has 8 heteroatoms. The maximum absolute atomic E-state index is 14.1. The van der Waals surface area contributed by atoms with Crippen molar-refractivity contribution in [3.63, 3.8) is 0 Å². The topological polar surface area (TPSA) is 58.4 Å². The molecule has 0 spiro atoms. The maximum atomic E-state index is 14.1. The Morgan fingerprint density at radius 3 is 2.38 bits per heavy atom. The quantitative estimate of drug-likeness (QED) is 0.473. The van der Waals surface area contributed by atoms with Gasteiger partial charge in [-0.2, -0.15) is 0 Å². The average molecular weight is 451 g/mol. The van der Waals surface area contributed by atoms with Crippen LogP contribution in [0.5, 0.6) is 0 Å². The fourth-order valence-electron chi connectivity index (χ4n) is 4.07. The van der Waals surface area contributed by atoms with Gasteiger partial charge in [-0.1, -0.05) is 18.2 Å². The summed E-state index contributed by atoms with van der Waals surface area (Å²) in [4.78, 5) is 9.30. The van der Waals surface area contributed by atoms with Crippen molar-refractivity contribution in [3.05, 3.63) is 78.9 Å². The molecule has 2 aromatic carbocycles. The number of rotatable bonds is 4. The van der Waals surface area contributed by atoms with E-state index < -0.39 is 15.8 Å². The number of nitrogens with zero attached hydrogens (tertiary/aromatic N) is 4. The van der Waals surface area contributed by atoms with Crippen molar-refractivity contribution in [3.8, 4) is 11.1 Å². The van der Waals surface area contributed by atoms with Crippen LogP contribution in [0, 0.1) is 5.82 Å². The first-order valence-corrected chi connectivity index (χ1v) is 11.9. The zero-order chi connectivity index (χ0) is 22.3. The van der Waals surface area contributed by atoms with Crippen LogP contribution in [0.3, 0.4) is 0 Å². The van der Waals surface area contributed by atoms with E-state index in [-0.39, 0.29) is 4.90 Å². The number of likely N-dealkylation sites (N-methyl/N-ethyl adjacent to an activating group) is 1. The third-order valence-corrected chi connectivity index (χ3v) is 7.61. The van der Waals surface area contributed by atoms with Crippen LogP contribution in [-0.4, -0.2) is 55.5 Å². The van der Waals surface area contributed by atoms with Gasteiger partial charge in [-0.3, -0.25) is 0 Å². The molecule has 164 valence electrons. The van der Waals surface area contributed by atoms with Crippen LogP contribution in [0.1, 0.15) is 0 Å². The second kappa shape index (κ2) is 8.03. The third-order valence-electron chi connectivity index (χ3n) is 5.92. The molecule has 0 N–H and O–H groups in total. The largest absolute Gasteiger partial charge is 0.354 e. The lowest BCUT2D eigenvalue weighted by Crippen LogP contribution is -2.44. The molecule has 0 bridgehead atoms. The smallest absolute Gasteiger partial charge is 0.268 e. The molecule has 5 rings (SSSR count). The summed E-state index contributed by atoms with van der Waals surface area (Å²) in [5.74, 6) is 0.406. The van der Waals surface area contributed by atoms with Crippen LogP contribution in [0.2, 0.25) is 0 Å². The van der Waals surface area contributed by atoms with Gasteiger partial charge in [0.15, 0.2) is 0 Å². The first-order valence-electron chi connectivity index (χ1n) is 10.4. The van der Waals surface area contributed by atoms with E-state index >= 15 is 0 Å². The van der Waals surface area contributed by atoms with Crippen molar-refractivity contribution < 1.29 is 12.8 Å². The summed E-state index contributed by atoms with van der Waals surface area (Å²) in [7, 11) is -1.78.